The Hall–Kier alpha value is -0.432. The molecule has 0 unspecified atom stereocenters. The van der Waals surface area contributed by atoms with Crippen LogP contribution in [0.1, 0.15) is 0 Å². The predicted molar refractivity (Wildman–Crippen MR) is 50.2 cm³/mol. The first-order valence-corrected chi connectivity index (χ1v) is 5.91. The molecule has 0 aromatic carbocycles. The number of hydrogen-bond donors (Lipinski definition) is 2. The molecule has 8 heteroatoms. The van der Waals surface area contributed by atoms with Gasteiger partial charge < -0.3 is 15.1 Å². The van der Waals surface area contributed by atoms with Gasteiger partial charge in [-0.2, -0.15) is 0 Å². The van der Waals surface area contributed by atoms with Gasteiger partial charge in [0.2, 0.25) is 18.4 Å². The van der Waals surface area contributed by atoms with Gasteiger partial charge in [-0.3, -0.25) is 0 Å². The van der Waals surface area contributed by atoms with E-state index < -0.39 is 18.4 Å². The maximum absolute atomic E-state index is 7.38. The second-order valence-electron chi connectivity index (χ2n) is 0.580. The molecule has 0 aromatic rings. The molecule has 4 N–H and O–H groups in total. The third-order valence-corrected chi connectivity index (χ3v) is 0.990. The summed E-state index contributed by atoms with van der Waals surface area (Å²) in [4.78, 5) is 14.8. The molecule has 0 aliphatic carbocycles. The fourth-order valence-corrected chi connectivity index (χ4v) is 0.265. The SMILES string of the molecule is C#[Si]O.C#[Si]O.O.[C+]#[Si]O[Si]#C. The topological polar surface area (TPSA) is 81.2 Å². The van der Waals surface area contributed by atoms with Crippen molar-refractivity contribution in [1.29, 1.82) is 0 Å². The first-order chi connectivity index (χ1) is 5.24. The molecule has 0 radical (unpaired) electrons. The second kappa shape index (κ2) is 46.4. The van der Waals surface area contributed by atoms with Crippen LogP contribution in [-0.4, -0.2) is 51.9 Å². The summed E-state index contributed by atoms with van der Waals surface area (Å²) in [5.74, 6) is 0. The van der Waals surface area contributed by atoms with Gasteiger partial charge in [0, 0.05) is 0 Å². The van der Waals surface area contributed by atoms with E-state index in [-0.39, 0.29) is 23.9 Å². The van der Waals surface area contributed by atoms with Crippen molar-refractivity contribution in [2.24, 2.45) is 0 Å². The van der Waals surface area contributed by atoms with Crippen molar-refractivity contribution >= 4 is 36.8 Å². The molecule has 12 heavy (non-hydrogen) atoms. The first kappa shape index (κ1) is 22.6. The maximum atomic E-state index is 7.38. The van der Waals surface area contributed by atoms with Crippen molar-refractivity contribution in [3.05, 3.63) is 6.00 Å². The summed E-state index contributed by atoms with van der Waals surface area (Å²) in [7, 11) is -1.06. The molecule has 0 fully saturated rings. The molecule has 0 aromatic heterocycles. The molecule has 0 saturated carbocycles. The average molecular weight is 231 g/mol. The molecule has 0 saturated heterocycles. The van der Waals surface area contributed by atoms with Crippen molar-refractivity contribution < 1.29 is 19.2 Å². The molecule has 4 nitrogen and oxygen atoms in total. The van der Waals surface area contributed by atoms with Gasteiger partial charge in [-0.15, -0.1) is 12.0 Å². The zero-order valence-electron chi connectivity index (χ0n) is 6.03. The molecule has 0 amide bonds. The third kappa shape index (κ3) is 286. The van der Waals surface area contributed by atoms with Crippen LogP contribution in [0.5, 0.6) is 0 Å². The van der Waals surface area contributed by atoms with E-state index in [1.165, 1.54) is 0 Å². The van der Waals surface area contributed by atoms with Crippen LogP contribution in [0.4, 0.5) is 0 Å². The quantitative estimate of drug-likeness (QED) is 0.343. The first-order valence-electron chi connectivity index (χ1n) is 1.97. The summed E-state index contributed by atoms with van der Waals surface area (Å²) in [6, 6.07) is 20.0. The Labute approximate surface area is 80.4 Å². The summed E-state index contributed by atoms with van der Waals surface area (Å²) in [6.45, 7) is 0. The van der Waals surface area contributed by atoms with Gasteiger partial charge in [-0.1, -0.05) is 0 Å². The van der Waals surface area contributed by atoms with E-state index in [9.17, 15) is 0 Å². The Bertz CT molecular complexity index is 189. The zero-order valence-corrected chi connectivity index (χ0v) is 10.0. The fourth-order valence-electron chi connectivity index (χ4n) is 0.0295. The van der Waals surface area contributed by atoms with E-state index in [0.717, 1.165) is 0 Å². The molecule has 0 spiro atoms. The molecule has 62 valence electrons. The van der Waals surface area contributed by atoms with Crippen molar-refractivity contribution in [2.45, 2.75) is 0 Å². The minimum atomic E-state index is -0.417. The van der Waals surface area contributed by atoms with Crippen molar-refractivity contribution in [3.63, 3.8) is 0 Å². The summed E-state index contributed by atoms with van der Waals surface area (Å²) >= 11 is 0. The van der Waals surface area contributed by atoms with Gasteiger partial charge in [0.1, 0.15) is 0 Å². The Morgan fingerprint density at radius 1 is 1.08 bits per heavy atom. The monoisotopic (exact) mass is 231 g/mol. The molecule has 0 aliphatic heterocycles. The summed E-state index contributed by atoms with van der Waals surface area (Å²) < 4.78 is 4.33. The van der Waals surface area contributed by atoms with Crippen LogP contribution >= 0.6 is 0 Å². The van der Waals surface area contributed by atoms with Crippen LogP contribution in [-0.2, 0) is 4.12 Å². The van der Waals surface area contributed by atoms with Crippen LogP contribution in [0.3, 0.4) is 0 Å². The Morgan fingerprint density at radius 2 is 1.33 bits per heavy atom. The molecule has 0 atom stereocenters. The van der Waals surface area contributed by atoms with Crippen LogP contribution < -0.4 is 0 Å². The molecular formula is C4H7O4Si4+. The summed E-state index contributed by atoms with van der Waals surface area (Å²) in [6.07, 6.45) is 0. The molecule has 0 heterocycles. The van der Waals surface area contributed by atoms with Gasteiger partial charge >= 0.3 is 34.5 Å². The van der Waals surface area contributed by atoms with Crippen molar-refractivity contribution in [2.75, 3.05) is 0 Å². The van der Waals surface area contributed by atoms with E-state index >= 15 is 0 Å². The number of rotatable bonds is 0. The van der Waals surface area contributed by atoms with Crippen LogP contribution in [0.15, 0.2) is 0 Å². The standard InChI is InChI=1S/C2HOSi2.2CH2OSi.H2O/c1-4-3-5-2;2*1-3-2;/h1H;2*1-2H;1H2/q+1;;;. The summed E-state index contributed by atoms with van der Waals surface area (Å²) in [5.41, 5.74) is 0. The van der Waals surface area contributed by atoms with Gasteiger partial charge in [-0.25, -0.2) is 0 Å². The normalized spacial score (nSPS) is 2.92. The van der Waals surface area contributed by atoms with E-state index in [1.54, 1.807) is 0 Å². The fraction of sp³-hybridized carbons (Fsp3) is 0. The average Bonchev–Trinajstić information content (AvgIpc) is 1.92. The molecule has 0 rings (SSSR count). The van der Waals surface area contributed by atoms with E-state index in [0.29, 0.717) is 0 Å². The third-order valence-electron chi connectivity index (χ3n) is 0.110. The summed E-state index contributed by atoms with van der Waals surface area (Å²) in [5, 5.41) is 0. The molecule has 0 bridgehead atoms. The van der Waals surface area contributed by atoms with Gasteiger partial charge in [0.05, 0.1) is 0 Å². The van der Waals surface area contributed by atoms with Crippen LogP contribution in [0, 0.1) is 24.0 Å². The Kier molecular flexibility index (Phi) is 87.2. The Balaban J connectivity index is -0.0000000406. The van der Waals surface area contributed by atoms with Crippen LogP contribution in [0.2, 0.25) is 0 Å². The molecular weight excluding hydrogens is 224 g/mol. The Morgan fingerprint density at radius 3 is 1.33 bits per heavy atom. The predicted octanol–water partition coefficient (Wildman–Crippen LogP) is -3.07. The van der Waals surface area contributed by atoms with Gasteiger partial charge in [-0.05, 0) is 0 Å². The van der Waals surface area contributed by atoms with E-state index in [2.05, 4.69) is 16.1 Å². The number of hydrogen-bond acceptors (Lipinski definition) is 3. The minimum absolute atomic E-state index is 0. The van der Waals surface area contributed by atoms with Crippen molar-refractivity contribution in [3.8, 4) is 18.0 Å². The van der Waals surface area contributed by atoms with E-state index in [1.807, 2.05) is 0 Å². The van der Waals surface area contributed by atoms with E-state index in [4.69, 9.17) is 21.6 Å². The van der Waals surface area contributed by atoms with Crippen LogP contribution in [0.25, 0.3) is 0 Å². The zero-order chi connectivity index (χ0) is 9.54. The van der Waals surface area contributed by atoms with Gasteiger partial charge in [0.15, 0.2) is 0 Å². The molecule has 0 aliphatic rings. The second-order valence-corrected chi connectivity index (χ2v) is 2.35. The van der Waals surface area contributed by atoms with Crippen molar-refractivity contribution in [1.82, 2.24) is 0 Å². The van der Waals surface area contributed by atoms with Gasteiger partial charge in [0.25, 0.3) is 0 Å².